The van der Waals surface area contributed by atoms with Crippen LogP contribution in [-0.2, 0) is 0 Å². The van der Waals surface area contributed by atoms with Gasteiger partial charge >= 0.3 is 0 Å². The second-order valence-electron chi connectivity index (χ2n) is 3.96. The van der Waals surface area contributed by atoms with Crippen molar-refractivity contribution in [2.24, 2.45) is 0 Å². The maximum atomic E-state index is 11.7. The summed E-state index contributed by atoms with van der Waals surface area (Å²) in [7, 11) is 0. The Kier molecular flexibility index (Phi) is 3.03. The van der Waals surface area contributed by atoms with Crippen molar-refractivity contribution in [1.29, 1.82) is 0 Å². The molecule has 0 saturated heterocycles. The molecule has 1 fully saturated rings. The van der Waals surface area contributed by atoms with Crippen LogP contribution in [0.25, 0.3) is 0 Å². The van der Waals surface area contributed by atoms with Gasteiger partial charge in [0.2, 0.25) is 0 Å². The topological polar surface area (TPSA) is 69.6 Å². The molecule has 0 heterocycles. The zero-order chi connectivity index (χ0) is 11.7. The molecule has 86 valence electrons. The molecule has 0 spiro atoms. The van der Waals surface area contributed by atoms with Gasteiger partial charge in [0.05, 0.1) is 11.7 Å². The van der Waals surface area contributed by atoms with E-state index in [0.717, 1.165) is 0 Å². The Morgan fingerprint density at radius 3 is 2.75 bits per heavy atom. The maximum absolute atomic E-state index is 11.7. The highest BCUT2D eigenvalue weighted by molar-refractivity contribution is 6.31. The fourth-order valence-electron chi connectivity index (χ4n) is 1.66. The third-order valence-electron chi connectivity index (χ3n) is 2.65. The molecule has 2 rings (SSSR count). The summed E-state index contributed by atoms with van der Waals surface area (Å²) in [5, 5.41) is 21.7. The Labute approximate surface area is 97.9 Å². The number of rotatable bonds is 2. The van der Waals surface area contributed by atoms with Gasteiger partial charge in [-0.2, -0.15) is 0 Å². The van der Waals surface area contributed by atoms with Crippen molar-refractivity contribution in [3.05, 3.63) is 28.8 Å². The van der Waals surface area contributed by atoms with Crippen molar-refractivity contribution in [3.8, 4) is 5.75 Å². The number of nitrogens with one attached hydrogen (secondary N) is 1. The highest BCUT2D eigenvalue weighted by atomic mass is 35.5. The average molecular weight is 242 g/mol. The zero-order valence-electron chi connectivity index (χ0n) is 8.48. The van der Waals surface area contributed by atoms with Gasteiger partial charge in [-0.15, -0.1) is 0 Å². The van der Waals surface area contributed by atoms with Gasteiger partial charge in [0.15, 0.2) is 0 Å². The first kappa shape index (κ1) is 11.2. The SMILES string of the molecule is O=C(NC1CC(O)C1)c1cc(Cl)ccc1O. The molecule has 16 heavy (non-hydrogen) atoms. The van der Waals surface area contributed by atoms with E-state index in [4.69, 9.17) is 16.7 Å². The Balaban J connectivity index is 2.05. The Hall–Kier alpha value is -1.26. The molecular weight excluding hydrogens is 230 g/mol. The Bertz CT molecular complexity index is 416. The van der Waals surface area contributed by atoms with Crippen LogP contribution in [0.3, 0.4) is 0 Å². The predicted molar refractivity (Wildman–Crippen MR) is 59.6 cm³/mol. The molecule has 1 aliphatic rings. The molecular formula is C11H12ClNO3. The minimum absolute atomic E-state index is 0.0131. The van der Waals surface area contributed by atoms with Gasteiger partial charge in [0.25, 0.3) is 5.91 Å². The third kappa shape index (κ3) is 2.28. The van der Waals surface area contributed by atoms with E-state index in [0.29, 0.717) is 17.9 Å². The fourth-order valence-corrected chi connectivity index (χ4v) is 1.83. The molecule has 1 aromatic rings. The monoisotopic (exact) mass is 241 g/mol. The largest absolute Gasteiger partial charge is 0.507 e. The van der Waals surface area contributed by atoms with E-state index in [1.165, 1.54) is 18.2 Å². The number of aromatic hydroxyl groups is 1. The minimum atomic E-state index is -0.364. The van der Waals surface area contributed by atoms with Crippen LogP contribution in [0.5, 0.6) is 5.75 Å². The molecule has 0 unspecified atom stereocenters. The van der Waals surface area contributed by atoms with Crippen LogP contribution < -0.4 is 5.32 Å². The number of benzene rings is 1. The zero-order valence-corrected chi connectivity index (χ0v) is 9.24. The number of carbonyl (C=O) groups excluding carboxylic acids is 1. The van der Waals surface area contributed by atoms with Gasteiger partial charge < -0.3 is 15.5 Å². The first-order valence-electron chi connectivity index (χ1n) is 5.03. The summed E-state index contributed by atoms with van der Waals surface area (Å²) < 4.78 is 0. The number of halogens is 1. The number of carbonyl (C=O) groups is 1. The number of hydrogen-bond acceptors (Lipinski definition) is 3. The molecule has 0 aromatic heterocycles. The number of aliphatic hydroxyl groups excluding tert-OH is 1. The van der Waals surface area contributed by atoms with E-state index in [-0.39, 0.29) is 29.4 Å². The van der Waals surface area contributed by atoms with Crippen molar-refractivity contribution in [3.63, 3.8) is 0 Å². The van der Waals surface area contributed by atoms with Crippen LogP contribution in [0.2, 0.25) is 5.02 Å². The summed E-state index contributed by atoms with van der Waals surface area (Å²) in [6.45, 7) is 0. The smallest absolute Gasteiger partial charge is 0.255 e. The van der Waals surface area contributed by atoms with E-state index < -0.39 is 0 Å². The third-order valence-corrected chi connectivity index (χ3v) is 2.89. The number of phenols is 1. The number of aliphatic hydroxyl groups is 1. The van der Waals surface area contributed by atoms with Crippen molar-refractivity contribution in [1.82, 2.24) is 5.32 Å². The van der Waals surface area contributed by atoms with Crippen molar-refractivity contribution in [2.75, 3.05) is 0 Å². The molecule has 5 heteroatoms. The molecule has 1 amide bonds. The lowest BCUT2D eigenvalue weighted by Crippen LogP contribution is -2.46. The quantitative estimate of drug-likeness (QED) is 0.731. The second-order valence-corrected chi connectivity index (χ2v) is 4.39. The normalized spacial score (nSPS) is 23.6. The molecule has 4 nitrogen and oxygen atoms in total. The van der Waals surface area contributed by atoms with Crippen LogP contribution >= 0.6 is 11.6 Å². The summed E-state index contributed by atoms with van der Waals surface area (Å²) in [5.74, 6) is -0.460. The maximum Gasteiger partial charge on any atom is 0.255 e. The van der Waals surface area contributed by atoms with Crippen molar-refractivity contribution in [2.45, 2.75) is 25.0 Å². The van der Waals surface area contributed by atoms with Crippen LogP contribution in [0.4, 0.5) is 0 Å². The van der Waals surface area contributed by atoms with Gasteiger partial charge in [0.1, 0.15) is 5.75 Å². The number of phenolic OH excluding ortho intramolecular Hbond substituents is 1. The Morgan fingerprint density at radius 2 is 2.12 bits per heavy atom. The first-order chi connectivity index (χ1) is 7.56. The highest BCUT2D eigenvalue weighted by Crippen LogP contribution is 2.24. The molecule has 0 radical (unpaired) electrons. The van der Waals surface area contributed by atoms with Crippen LogP contribution in [0, 0.1) is 0 Å². The summed E-state index contributed by atoms with van der Waals surface area (Å²) >= 11 is 5.74. The second kappa shape index (κ2) is 4.31. The molecule has 0 aliphatic heterocycles. The van der Waals surface area contributed by atoms with E-state index in [1.54, 1.807) is 0 Å². The summed E-state index contributed by atoms with van der Waals surface area (Å²) in [5.41, 5.74) is 0.161. The summed E-state index contributed by atoms with van der Waals surface area (Å²) in [6, 6.07) is 4.30. The molecule has 0 atom stereocenters. The predicted octanol–water partition coefficient (Wildman–Crippen LogP) is 1.30. The number of amides is 1. The lowest BCUT2D eigenvalue weighted by Gasteiger charge is -2.31. The van der Waals surface area contributed by atoms with Gasteiger partial charge in [-0.25, -0.2) is 0 Å². The van der Waals surface area contributed by atoms with E-state index in [9.17, 15) is 9.90 Å². The molecule has 1 saturated carbocycles. The molecule has 1 aromatic carbocycles. The lowest BCUT2D eigenvalue weighted by molar-refractivity contribution is 0.0562. The van der Waals surface area contributed by atoms with E-state index in [1.807, 2.05) is 0 Å². The van der Waals surface area contributed by atoms with Crippen LogP contribution in [0.1, 0.15) is 23.2 Å². The minimum Gasteiger partial charge on any atom is -0.507 e. The Morgan fingerprint density at radius 1 is 1.44 bits per heavy atom. The van der Waals surface area contributed by atoms with Crippen LogP contribution in [-0.4, -0.2) is 28.3 Å². The van der Waals surface area contributed by atoms with Gasteiger partial charge in [-0.3, -0.25) is 4.79 Å². The summed E-state index contributed by atoms with van der Waals surface area (Å²) in [6.07, 6.45) is 0.804. The van der Waals surface area contributed by atoms with Crippen molar-refractivity contribution < 1.29 is 15.0 Å². The standard InChI is InChI=1S/C11H12ClNO3/c12-6-1-2-10(15)9(3-6)11(16)13-7-4-8(14)5-7/h1-3,7-8,14-15H,4-5H2,(H,13,16). The average Bonchev–Trinajstić information content (AvgIpc) is 2.19. The molecule has 0 bridgehead atoms. The molecule has 1 aliphatic carbocycles. The van der Waals surface area contributed by atoms with Gasteiger partial charge in [-0.05, 0) is 31.0 Å². The molecule has 3 N–H and O–H groups in total. The van der Waals surface area contributed by atoms with E-state index in [2.05, 4.69) is 5.32 Å². The van der Waals surface area contributed by atoms with Gasteiger partial charge in [-0.1, -0.05) is 11.6 Å². The highest BCUT2D eigenvalue weighted by Gasteiger charge is 2.29. The van der Waals surface area contributed by atoms with Crippen molar-refractivity contribution >= 4 is 17.5 Å². The fraction of sp³-hybridized carbons (Fsp3) is 0.364. The van der Waals surface area contributed by atoms with E-state index >= 15 is 0 Å². The lowest BCUT2D eigenvalue weighted by atomic mass is 9.89. The summed E-state index contributed by atoms with van der Waals surface area (Å²) in [4.78, 5) is 11.7. The number of hydrogen-bond donors (Lipinski definition) is 3. The van der Waals surface area contributed by atoms with Gasteiger partial charge in [0, 0.05) is 11.1 Å². The first-order valence-corrected chi connectivity index (χ1v) is 5.41. The van der Waals surface area contributed by atoms with Crippen LogP contribution in [0.15, 0.2) is 18.2 Å².